The minimum atomic E-state index is -0.257. The van der Waals surface area contributed by atoms with Gasteiger partial charge < -0.3 is 14.4 Å². The summed E-state index contributed by atoms with van der Waals surface area (Å²) in [5.41, 5.74) is 6.13. The quantitative estimate of drug-likeness (QED) is 0.223. The maximum atomic E-state index is 12.5. The standard InChI is InChI=1S/C27H27Br2N3O3/c1-2-34-25-16-20(15-24(29)26(25)35-18-19-5-9-22(28)10-6-19)17-30-31-27(33)21-7-11-23(12-8-21)32-13-3-4-14-32/h5-12,15-17H,2-4,13-14,18H2,1H3,(H,31,33)/b30-17-. The van der Waals surface area contributed by atoms with Crippen molar-refractivity contribution < 1.29 is 14.3 Å². The van der Waals surface area contributed by atoms with Gasteiger partial charge in [-0.05, 0) is 95.4 Å². The van der Waals surface area contributed by atoms with Crippen molar-refractivity contribution >= 4 is 49.7 Å². The lowest BCUT2D eigenvalue weighted by Crippen LogP contribution is -2.19. The second-order valence-corrected chi connectivity index (χ2v) is 9.89. The van der Waals surface area contributed by atoms with Crippen molar-refractivity contribution in [2.24, 2.45) is 5.10 Å². The van der Waals surface area contributed by atoms with Crippen molar-refractivity contribution in [1.82, 2.24) is 5.43 Å². The summed E-state index contributed by atoms with van der Waals surface area (Å²) in [5, 5.41) is 4.14. The van der Waals surface area contributed by atoms with Crippen LogP contribution >= 0.6 is 31.9 Å². The highest BCUT2D eigenvalue weighted by molar-refractivity contribution is 9.10. The van der Waals surface area contributed by atoms with Crippen LogP contribution in [0.2, 0.25) is 0 Å². The molecule has 0 aliphatic carbocycles. The molecule has 6 nitrogen and oxygen atoms in total. The number of ether oxygens (including phenoxy) is 2. The molecule has 1 N–H and O–H groups in total. The highest BCUT2D eigenvalue weighted by Gasteiger charge is 2.14. The van der Waals surface area contributed by atoms with E-state index in [2.05, 4.69) is 47.3 Å². The third kappa shape index (κ3) is 6.86. The zero-order valence-corrected chi connectivity index (χ0v) is 22.6. The van der Waals surface area contributed by atoms with Crippen molar-refractivity contribution in [2.75, 3.05) is 24.6 Å². The molecule has 1 aliphatic heterocycles. The fraction of sp³-hybridized carbons (Fsp3) is 0.259. The fourth-order valence-corrected chi connectivity index (χ4v) is 4.67. The largest absolute Gasteiger partial charge is 0.490 e. The summed E-state index contributed by atoms with van der Waals surface area (Å²) in [4.78, 5) is 14.8. The summed E-state index contributed by atoms with van der Waals surface area (Å²) in [6.45, 7) is 4.96. The van der Waals surface area contributed by atoms with E-state index >= 15 is 0 Å². The van der Waals surface area contributed by atoms with Crippen molar-refractivity contribution in [3.05, 3.63) is 86.3 Å². The van der Waals surface area contributed by atoms with E-state index in [1.807, 2.05) is 67.6 Å². The van der Waals surface area contributed by atoms with Crippen molar-refractivity contribution in [3.8, 4) is 11.5 Å². The molecular weight excluding hydrogens is 574 g/mol. The number of hydrogen-bond acceptors (Lipinski definition) is 5. The van der Waals surface area contributed by atoms with Gasteiger partial charge in [0, 0.05) is 28.8 Å². The van der Waals surface area contributed by atoms with E-state index in [0.29, 0.717) is 30.3 Å². The number of benzene rings is 3. The van der Waals surface area contributed by atoms with E-state index in [-0.39, 0.29) is 5.91 Å². The van der Waals surface area contributed by atoms with Crippen molar-refractivity contribution in [1.29, 1.82) is 0 Å². The number of carbonyl (C=O) groups excluding carboxylic acids is 1. The normalized spacial score (nSPS) is 13.3. The van der Waals surface area contributed by atoms with Crippen LogP contribution < -0.4 is 19.8 Å². The Morgan fingerprint density at radius 2 is 1.74 bits per heavy atom. The highest BCUT2D eigenvalue weighted by Crippen LogP contribution is 2.37. The Bertz CT molecular complexity index is 1180. The van der Waals surface area contributed by atoms with Crippen molar-refractivity contribution in [3.63, 3.8) is 0 Å². The van der Waals surface area contributed by atoms with Gasteiger partial charge >= 0.3 is 0 Å². The van der Waals surface area contributed by atoms with Crippen LogP contribution in [-0.4, -0.2) is 31.8 Å². The lowest BCUT2D eigenvalue weighted by atomic mass is 10.2. The van der Waals surface area contributed by atoms with Gasteiger partial charge in [0.1, 0.15) is 6.61 Å². The first-order valence-electron chi connectivity index (χ1n) is 11.6. The van der Waals surface area contributed by atoms with Gasteiger partial charge in [-0.15, -0.1) is 0 Å². The summed E-state index contributed by atoms with van der Waals surface area (Å²) in [5.74, 6) is 0.964. The number of amides is 1. The summed E-state index contributed by atoms with van der Waals surface area (Å²) in [6.07, 6.45) is 4.02. The van der Waals surface area contributed by atoms with E-state index in [1.165, 1.54) is 12.8 Å². The fourth-order valence-electron chi connectivity index (χ4n) is 3.83. The molecule has 35 heavy (non-hydrogen) atoms. The topological polar surface area (TPSA) is 63.2 Å². The SMILES string of the molecule is CCOc1cc(/C=N\NC(=O)c2ccc(N3CCCC3)cc2)cc(Br)c1OCc1ccc(Br)cc1. The third-order valence-corrected chi connectivity index (χ3v) is 6.73. The van der Waals surface area contributed by atoms with Crippen LogP contribution in [0.1, 0.15) is 41.3 Å². The predicted octanol–water partition coefficient (Wildman–Crippen LogP) is 6.55. The minimum Gasteiger partial charge on any atom is -0.490 e. The Labute approximate surface area is 222 Å². The van der Waals surface area contributed by atoms with E-state index in [9.17, 15) is 4.79 Å². The molecule has 0 radical (unpaired) electrons. The molecule has 0 spiro atoms. The smallest absolute Gasteiger partial charge is 0.271 e. The number of carbonyl (C=O) groups is 1. The van der Waals surface area contributed by atoms with Crippen molar-refractivity contribution in [2.45, 2.75) is 26.4 Å². The van der Waals surface area contributed by atoms with E-state index in [4.69, 9.17) is 9.47 Å². The first kappa shape index (κ1) is 25.3. The molecule has 0 saturated carbocycles. The summed E-state index contributed by atoms with van der Waals surface area (Å²) in [6, 6.07) is 19.3. The first-order valence-corrected chi connectivity index (χ1v) is 13.1. The maximum Gasteiger partial charge on any atom is 0.271 e. The molecule has 0 aromatic heterocycles. The van der Waals surface area contributed by atoms with Crippen LogP contribution in [0.4, 0.5) is 5.69 Å². The molecule has 8 heteroatoms. The molecule has 182 valence electrons. The zero-order valence-electron chi connectivity index (χ0n) is 19.5. The number of hydrazone groups is 1. The first-order chi connectivity index (χ1) is 17.0. The summed E-state index contributed by atoms with van der Waals surface area (Å²) >= 11 is 7.02. The Morgan fingerprint density at radius 3 is 2.43 bits per heavy atom. The molecule has 3 aromatic rings. The Hall–Kier alpha value is -2.84. The van der Waals surface area contributed by atoms with Gasteiger partial charge in [-0.1, -0.05) is 28.1 Å². The van der Waals surface area contributed by atoms with Gasteiger partial charge in [-0.3, -0.25) is 4.79 Å². The molecule has 0 bridgehead atoms. The second-order valence-electron chi connectivity index (χ2n) is 8.12. The number of nitrogens with zero attached hydrogens (tertiary/aromatic N) is 2. The molecule has 3 aromatic carbocycles. The molecule has 1 aliphatic rings. The van der Waals surface area contributed by atoms with Crippen LogP contribution in [0.5, 0.6) is 11.5 Å². The molecule has 1 saturated heterocycles. The van der Waals surface area contributed by atoms with Crippen LogP contribution in [0.3, 0.4) is 0 Å². The van der Waals surface area contributed by atoms with Crippen LogP contribution in [-0.2, 0) is 6.61 Å². The number of halogens is 2. The van der Waals surface area contributed by atoms with E-state index in [1.54, 1.807) is 6.21 Å². The predicted molar refractivity (Wildman–Crippen MR) is 147 cm³/mol. The van der Waals surface area contributed by atoms with Gasteiger partial charge in [-0.2, -0.15) is 5.10 Å². The maximum absolute atomic E-state index is 12.5. The van der Waals surface area contributed by atoms with E-state index < -0.39 is 0 Å². The number of hydrogen-bond donors (Lipinski definition) is 1. The highest BCUT2D eigenvalue weighted by atomic mass is 79.9. The minimum absolute atomic E-state index is 0.257. The van der Waals surface area contributed by atoms with Crippen LogP contribution in [0.25, 0.3) is 0 Å². The molecule has 0 unspecified atom stereocenters. The van der Waals surface area contributed by atoms with Gasteiger partial charge in [0.25, 0.3) is 5.91 Å². The number of rotatable bonds is 9. The summed E-state index contributed by atoms with van der Waals surface area (Å²) < 4.78 is 13.6. The Morgan fingerprint density at radius 1 is 1.03 bits per heavy atom. The van der Waals surface area contributed by atoms with Crippen LogP contribution in [0.15, 0.2) is 74.7 Å². The molecule has 0 atom stereocenters. The molecule has 1 heterocycles. The Kier molecular flexibility index (Phi) is 8.82. The van der Waals surface area contributed by atoms with Crippen LogP contribution in [0, 0.1) is 0 Å². The number of anilines is 1. The molecule has 1 amide bonds. The monoisotopic (exact) mass is 599 g/mol. The lowest BCUT2D eigenvalue weighted by molar-refractivity contribution is 0.0955. The van der Waals surface area contributed by atoms with Gasteiger partial charge in [-0.25, -0.2) is 5.43 Å². The van der Waals surface area contributed by atoms with E-state index in [0.717, 1.165) is 38.8 Å². The average molecular weight is 601 g/mol. The summed E-state index contributed by atoms with van der Waals surface area (Å²) in [7, 11) is 0. The third-order valence-electron chi connectivity index (χ3n) is 5.61. The second kappa shape index (κ2) is 12.2. The number of nitrogens with one attached hydrogen (secondary N) is 1. The van der Waals surface area contributed by atoms with Gasteiger partial charge in [0.2, 0.25) is 0 Å². The lowest BCUT2D eigenvalue weighted by Gasteiger charge is -2.17. The molecular formula is C27H27Br2N3O3. The average Bonchev–Trinajstić information content (AvgIpc) is 3.40. The van der Waals surface area contributed by atoms with Gasteiger partial charge in [0.15, 0.2) is 11.5 Å². The molecule has 4 rings (SSSR count). The van der Waals surface area contributed by atoms with Gasteiger partial charge in [0.05, 0.1) is 17.3 Å². The Balaban J connectivity index is 1.40. The zero-order chi connectivity index (χ0) is 24.6. The molecule has 1 fully saturated rings.